The van der Waals surface area contributed by atoms with Crippen LogP contribution >= 0.6 is 0 Å². The summed E-state index contributed by atoms with van der Waals surface area (Å²) in [5.41, 5.74) is 3.10. The molecule has 3 aromatic heterocycles. The van der Waals surface area contributed by atoms with E-state index in [1.165, 1.54) is 10.9 Å². The van der Waals surface area contributed by atoms with Crippen molar-refractivity contribution in [1.82, 2.24) is 25.4 Å². The van der Waals surface area contributed by atoms with E-state index in [0.717, 1.165) is 17.5 Å². The van der Waals surface area contributed by atoms with Crippen molar-refractivity contribution in [3.63, 3.8) is 0 Å². The number of nitrogens with zero attached hydrogens (tertiary/aromatic N) is 3. The Labute approximate surface area is 155 Å². The summed E-state index contributed by atoms with van der Waals surface area (Å²) in [4.78, 5) is 23.6. The van der Waals surface area contributed by atoms with Gasteiger partial charge in [-0.3, -0.25) is 9.78 Å². The molecule has 27 heavy (non-hydrogen) atoms. The first-order valence-corrected chi connectivity index (χ1v) is 8.84. The molecule has 0 aliphatic carbocycles. The molecule has 7 heteroatoms. The second-order valence-corrected chi connectivity index (χ2v) is 6.21. The number of carbonyl (C=O) groups is 1. The monoisotopic (exact) mass is 361 g/mol. The van der Waals surface area contributed by atoms with Crippen LogP contribution in [0.4, 0.5) is 0 Å². The average molecular weight is 361 g/mol. The summed E-state index contributed by atoms with van der Waals surface area (Å²) in [6.45, 7) is 0.589. The number of benzene rings is 1. The Morgan fingerprint density at radius 2 is 2.07 bits per heavy atom. The summed E-state index contributed by atoms with van der Waals surface area (Å²) >= 11 is 0. The third-order valence-corrected chi connectivity index (χ3v) is 4.35. The standard InChI is InChI=1S/C20H19N5O2/c26-18(22-11-9-14-13-23-17-6-2-1-5-16(14)17)7-8-19-24-20(25-27-19)15-4-3-10-21-12-15/h1-6,10,12-13,23H,7-9,11H2,(H,22,26). The highest BCUT2D eigenvalue weighted by Crippen LogP contribution is 2.18. The maximum atomic E-state index is 12.1. The number of fused-ring (bicyclic) bond motifs is 1. The van der Waals surface area contributed by atoms with Gasteiger partial charge in [-0.25, -0.2) is 0 Å². The number of H-pyrrole nitrogens is 1. The van der Waals surface area contributed by atoms with Gasteiger partial charge in [-0.15, -0.1) is 0 Å². The molecule has 0 radical (unpaired) electrons. The third kappa shape index (κ3) is 4.03. The minimum Gasteiger partial charge on any atom is -0.361 e. The number of aromatic amines is 1. The SMILES string of the molecule is O=C(CCc1nc(-c2cccnc2)no1)NCCc1c[nH]c2ccccc12. The van der Waals surface area contributed by atoms with Crippen molar-refractivity contribution in [3.8, 4) is 11.4 Å². The molecule has 0 spiro atoms. The van der Waals surface area contributed by atoms with E-state index >= 15 is 0 Å². The molecule has 3 heterocycles. The molecule has 0 unspecified atom stereocenters. The molecule has 1 amide bonds. The Kier molecular flexibility index (Phi) is 4.91. The van der Waals surface area contributed by atoms with E-state index in [1.54, 1.807) is 12.4 Å². The van der Waals surface area contributed by atoms with Gasteiger partial charge < -0.3 is 14.8 Å². The number of aromatic nitrogens is 4. The predicted octanol–water partition coefficient (Wildman–Crippen LogP) is 2.90. The molecular weight excluding hydrogens is 342 g/mol. The highest BCUT2D eigenvalue weighted by molar-refractivity contribution is 5.83. The van der Waals surface area contributed by atoms with Crippen molar-refractivity contribution < 1.29 is 9.32 Å². The van der Waals surface area contributed by atoms with Gasteiger partial charge in [-0.05, 0) is 30.2 Å². The summed E-state index contributed by atoms with van der Waals surface area (Å²) in [6, 6.07) is 11.8. The number of aryl methyl sites for hydroxylation is 1. The van der Waals surface area contributed by atoms with Crippen LogP contribution < -0.4 is 5.32 Å². The largest absolute Gasteiger partial charge is 0.361 e. The Hall–Kier alpha value is -3.48. The number of pyridine rings is 1. The number of hydrogen-bond acceptors (Lipinski definition) is 5. The van der Waals surface area contributed by atoms with E-state index in [1.807, 2.05) is 36.5 Å². The molecule has 0 bridgehead atoms. The van der Waals surface area contributed by atoms with E-state index in [2.05, 4.69) is 31.5 Å². The number of amides is 1. The zero-order chi connectivity index (χ0) is 18.5. The van der Waals surface area contributed by atoms with Gasteiger partial charge in [-0.2, -0.15) is 4.98 Å². The van der Waals surface area contributed by atoms with Crippen LogP contribution in [0.5, 0.6) is 0 Å². The zero-order valence-electron chi connectivity index (χ0n) is 14.7. The van der Waals surface area contributed by atoms with Crippen LogP contribution in [0.25, 0.3) is 22.3 Å². The molecule has 7 nitrogen and oxygen atoms in total. The molecule has 1 aromatic carbocycles. The van der Waals surface area contributed by atoms with Crippen LogP contribution in [0, 0.1) is 0 Å². The smallest absolute Gasteiger partial charge is 0.227 e. The highest BCUT2D eigenvalue weighted by Gasteiger charge is 2.11. The molecular formula is C20H19N5O2. The molecule has 0 aliphatic heterocycles. The summed E-state index contributed by atoms with van der Waals surface area (Å²) in [5, 5.41) is 8.06. The molecule has 2 N–H and O–H groups in total. The first-order chi connectivity index (χ1) is 13.3. The van der Waals surface area contributed by atoms with E-state index in [9.17, 15) is 4.79 Å². The zero-order valence-corrected chi connectivity index (χ0v) is 14.7. The van der Waals surface area contributed by atoms with Gasteiger partial charge in [0, 0.05) is 54.4 Å². The lowest BCUT2D eigenvalue weighted by molar-refractivity contribution is -0.121. The minimum absolute atomic E-state index is 0.0315. The average Bonchev–Trinajstić information content (AvgIpc) is 3.35. The second kappa shape index (κ2) is 7.82. The van der Waals surface area contributed by atoms with Crippen LogP contribution in [0.2, 0.25) is 0 Å². The summed E-state index contributed by atoms with van der Waals surface area (Å²) < 4.78 is 5.21. The lowest BCUT2D eigenvalue weighted by atomic mass is 10.1. The first-order valence-electron chi connectivity index (χ1n) is 8.84. The number of para-hydroxylation sites is 1. The summed E-state index contributed by atoms with van der Waals surface area (Å²) in [7, 11) is 0. The molecule has 0 aliphatic rings. The Bertz CT molecular complexity index is 1040. The number of rotatable bonds is 7. The summed E-state index contributed by atoms with van der Waals surface area (Å²) in [6.07, 6.45) is 6.85. The van der Waals surface area contributed by atoms with Crippen LogP contribution in [0.1, 0.15) is 17.9 Å². The molecule has 0 saturated carbocycles. The Morgan fingerprint density at radius 3 is 2.96 bits per heavy atom. The van der Waals surface area contributed by atoms with Gasteiger partial charge in [0.25, 0.3) is 0 Å². The maximum absolute atomic E-state index is 12.1. The number of carbonyl (C=O) groups excluding carboxylic acids is 1. The third-order valence-electron chi connectivity index (χ3n) is 4.35. The second-order valence-electron chi connectivity index (χ2n) is 6.21. The van der Waals surface area contributed by atoms with Crippen LogP contribution in [0.15, 0.2) is 59.5 Å². The quantitative estimate of drug-likeness (QED) is 0.527. The van der Waals surface area contributed by atoms with Crippen molar-refractivity contribution in [1.29, 1.82) is 0 Å². The predicted molar refractivity (Wildman–Crippen MR) is 101 cm³/mol. The maximum Gasteiger partial charge on any atom is 0.227 e. The van der Waals surface area contributed by atoms with Crippen molar-refractivity contribution in [2.24, 2.45) is 0 Å². The minimum atomic E-state index is -0.0315. The van der Waals surface area contributed by atoms with Crippen LogP contribution in [0.3, 0.4) is 0 Å². The van der Waals surface area contributed by atoms with Crippen molar-refractivity contribution >= 4 is 16.8 Å². The van der Waals surface area contributed by atoms with Crippen LogP contribution in [-0.4, -0.2) is 32.6 Å². The van der Waals surface area contributed by atoms with Crippen molar-refractivity contribution in [2.75, 3.05) is 6.54 Å². The highest BCUT2D eigenvalue weighted by atomic mass is 16.5. The van der Waals surface area contributed by atoms with E-state index in [4.69, 9.17) is 4.52 Å². The fourth-order valence-corrected chi connectivity index (χ4v) is 2.95. The van der Waals surface area contributed by atoms with Gasteiger partial charge in [-0.1, -0.05) is 23.4 Å². The van der Waals surface area contributed by atoms with Crippen LogP contribution in [-0.2, 0) is 17.6 Å². The Balaban J connectivity index is 1.25. The molecule has 136 valence electrons. The van der Waals surface area contributed by atoms with E-state index < -0.39 is 0 Å². The molecule has 0 fully saturated rings. The first kappa shape index (κ1) is 17.0. The van der Waals surface area contributed by atoms with E-state index in [0.29, 0.717) is 31.1 Å². The van der Waals surface area contributed by atoms with Crippen molar-refractivity contribution in [2.45, 2.75) is 19.3 Å². The lowest BCUT2D eigenvalue weighted by Crippen LogP contribution is -2.25. The molecule has 4 rings (SSSR count). The number of nitrogens with one attached hydrogen (secondary N) is 2. The normalized spacial score (nSPS) is 11.0. The van der Waals surface area contributed by atoms with Crippen molar-refractivity contribution in [3.05, 3.63) is 66.4 Å². The number of hydrogen-bond donors (Lipinski definition) is 2. The van der Waals surface area contributed by atoms with E-state index in [-0.39, 0.29) is 5.91 Å². The van der Waals surface area contributed by atoms with Gasteiger partial charge in [0.15, 0.2) is 0 Å². The molecule has 4 aromatic rings. The fourth-order valence-electron chi connectivity index (χ4n) is 2.95. The summed E-state index contributed by atoms with van der Waals surface area (Å²) in [5.74, 6) is 0.898. The fraction of sp³-hybridized carbons (Fsp3) is 0.200. The topological polar surface area (TPSA) is 96.7 Å². The van der Waals surface area contributed by atoms with Gasteiger partial charge in [0.2, 0.25) is 17.6 Å². The molecule has 0 saturated heterocycles. The lowest BCUT2D eigenvalue weighted by Gasteiger charge is -2.03. The van der Waals surface area contributed by atoms with Gasteiger partial charge in [0.1, 0.15) is 0 Å². The Morgan fingerprint density at radius 1 is 1.15 bits per heavy atom. The van der Waals surface area contributed by atoms with Gasteiger partial charge >= 0.3 is 0 Å². The molecule has 0 atom stereocenters. The van der Waals surface area contributed by atoms with Gasteiger partial charge in [0.05, 0.1) is 0 Å².